The lowest BCUT2D eigenvalue weighted by Gasteiger charge is -2.19. The average Bonchev–Trinajstić information content (AvgIpc) is 3.39. The lowest BCUT2D eigenvalue weighted by Crippen LogP contribution is -2.32. The molecule has 2 aliphatic heterocycles. The number of alkyl halides is 1. The van der Waals surface area contributed by atoms with Crippen LogP contribution >= 0.6 is 31.9 Å². The van der Waals surface area contributed by atoms with Gasteiger partial charge in [0.05, 0.1) is 17.2 Å². The van der Waals surface area contributed by atoms with Crippen LogP contribution in [-0.4, -0.2) is 78.0 Å². The Bertz CT molecular complexity index is 1430. The molecule has 3 atom stereocenters. The number of allylic oxidation sites excluding steroid dienone is 2. The van der Waals surface area contributed by atoms with E-state index in [2.05, 4.69) is 49.4 Å². The van der Waals surface area contributed by atoms with Crippen molar-refractivity contribution in [3.05, 3.63) is 46.3 Å². The van der Waals surface area contributed by atoms with Crippen molar-refractivity contribution in [1.82, 2.24) is 0 Å². The fourth-order valence-corrected chi connectivity index (χ4v) is 7.44. The van der Waals surface area contributed by atoms with Crippen molar-refractivity contribution < 1.29 is 40.0 Å². The van der Waals surface area contributed by atoms with Crippen molar-refractivity contribution >= 4 is 63.5 Å². The number of ether oxygens (including phenoxy) is 2. The molecule has 1 saturated carbocycles. The minimum absolute atomic E-state index is 0.0148. The summed E-state index contributed by atoms with van der Waals surface area (Å²) in [6, 6.07) is 5.74. The second-order valence-corrected chi connectivity index (χ2v) is 15.9. The van der Waals surface area contributed by atoms with Gasteiger partial charge in [0, 0.05) is 40.8 Å². The number of benzene rings is 1. The Morgan fingerprint density at radius 1 is 1.10 bits per heavy atom. The first-order chi connectivity index (χ1) is 19.3. The van der Waals surface area contributed by atoms with Crippen LogP contribution in [0, 0.1) is 0 Å². The number of hydrogen-bond donors (Lipinski definition) is 2. The third-order valence-electron chi connectivity index (χ3n) is 7.38. The summed E-state index contributed by atoms with van der Waals surface area (Å²) in [5.41, 5.74) is 3.08. The Morgan fingerprint density at radius 3 is 2.49 bits per heavy atom. The molecule has 10 nitrogen and oxygen atoms in total. The number of halogens is 2. The summed E-state index contributed by atoms with van der Waals surface area (Å²) in [6.07, 6.45) is 9.08. The van der Waals surface area contributed by atoms with Gasteiger partial charge in [0.25, 0.3) is 26.5 Å². The molecule has 2 heterocycles. The molecule has 0 radical (unpaired) electrons. The van der Waals surface area contributed by atoms with Crippen LogP contribution in [0.4, 0.5) is 5.69 Å². The van der Waals surface area contributed by atoms with Gasteiger partial charge in [-0.05, 0) is 62.3 Å². The maximum atomic E-state index is 11.2. The summed E-state index contributed by atoms with van der Waals surface area (Å²) in [6.45, 7) is 3.18. The fraction of sp³-hybridized carbons (Fsp3) is 0.593. The van der Waals surface area contributed by atoms with Crippen molar-refractivity contribution in [3.63, 3.8) is 0 Å². The van der Waals surface area contributed by atoms with Crippen molar-refractivity contribution in [2.24, 2.45) is 0 Å². The molecule has 1 fully saturated rings. The van der Waals surface area contributed by atoms with E-state index in [0.717, 1.165) is 35.0 Å². The molecule has 2 N–H and O–H groups in total. The first-order valence-corrected chi connectivity index (χ1v) is 18.7. The van der Waals surface area contributed by atoms with E-state index in [1.807, 2.05) is 29.2 Å². The van der Waals surface area contributed by atoms with Crippen LogP contribution in [-0.2, 0) is 25.0 Å². The van der Waals surface area contributed by atoms with Gasteiger partial charge in [-0.1, -0.05) is 38.8 Å². The summed E-state index contributed by atoms with van der Waals surface area (Å²) in [7, 11) is -8.01. The zero-order valence-electron chi connectivity index (χ0n) is 22.9. The number of fused-ring (bicyclic) bond motifs is 2. The predicted octanol–water partition coefficient (Wildman–Crippen LogP) is 5.29. The van der Waals surface area contributed by atoms with E-state index in [1.54, 1.807) is 0 Å². The summed E-state index contributed by atoms with van der Waals surface area (Å²) in [5, 5.41) is 0. The second kappa shape index (κ2) is 14.0. The Hall–Kier alpha value is -1.29. The normalized spacial score (nSPS) is 24.1. The van der Waals surface area contributed by atoms with Crippen molar-refractivity contribution in [2.75, 3.05) is 29.5 Å². The van der Waals surface area contributed by atoms with Crippen LogP contribution in [0.15, 0.2) is 46.3 Å². The van der Waals surface area contributed by atoms with Crippen LogP contribution in [0.1, 0.15) is 58.3 Å². The quantitative estimate of drug-likeness (QED) is 0.120. The largest absolute Gasteiger partial charge is 0.439 e. The van der Waals surface area contributed by atoms with Gasteiger partial charge in [0.1, 0.15) is 12.6 Å². The summed E-state index contributed by atoms with van der Waals surface area (Å²) < 4.78 is 78.8. The molecule has 228 valence electrons. The van der Waals surface area contributed by atoms with Gasteiger partial charge in [-0.2, -0.15) is 16.8 Å². The Kier molecular flexibility index (Phi) is 11.1. The van der Waals surface area contributed by atoms with E-state index >= 15 is 0 Å². The second-order valence-electron chi connectivity index (χ2n) is 10.5. The van der Waals surface area contributed by atoms with Gasteiger partial charge in [-0.25, -0.2) is 4.58 Å². The summed E-state index contributed by atoms with van der Waals surface area (Å²) in [5.74, 6) is 0.775. The molecule has 0 amide bonds. The number of unbranched alkanes of at least 4 members (excludes halogenated alkanes) is 2. The maximum Gasteiger partial charge on any atom is 0.278 e. The molecule has 1 aromatic rings. The average molecular weight is 742 g/mol. The van der Waals surface area contributed by atoms with Crippen molar-refractivity contribution in [1.29, 1.82) is 0 Å². The van der Waals surface area contributed by atoms with Crippen LogP contribution in [0.5, 0.6) is 5.75 Å². The molecule has 3 unspecified atom stereocenters. The number of rotatable bonds is 13. The van der Waals surface area contributed by atoms with E-state index in [4.69, 9.17) is 18.6 Å². The molecule has 1 aliphatic carbocycles. The fourth-order valence-electron chi connectivity index (χ4n) is 5.36. The van der Waals surface area contributed by atoms with E-state index < -0.39 is 20.2 Å². The SMILES string of the molecule is CCC(=CC1OC2CCC(Br)CC2=[N+]1CCCCS(=O)(=O)O)C=C1Oc2ccc(Br)cc2N1CCCCS(=O)(=O)O. The molecule has 0 spiro atoms. The third-order valence-corrected chi connectivity index (χ3v) is 10.3. The van der Waals surface area contributed by atoms with Crippen molar-refractivity contribution in [2.45, 2.75) is 75.4 Å². The third kappa shape index (κ3) is 9.35. The maximum absolute atomic E-state index is 11.2. The first-order valence-electron chi connectivity index (χ1n) is 13.8. The molecule has 4 rings (SSSR count). The molecular formula is C27H37Br2N2O8S2+. The molecule has 3 aliphatic rings. The van der Waals surface area contributed by atoms with E-state index in [-0.39, 0.29) is 23.8 Å². The molecule has 41 heavy (non-hydrogen) atoms. The highest BCUT2D eigenvalue weighted by Crippen LogP contribution is 2.41. The lowest BCUT2D eigenvalue weighted by molar-refractivity contribution is -0.583. The van der Waals surface area contributed by atoms with Crippen molar-refractivity contribution in [3.8, 4) is 5.75 Å². The summed E-state index contributed by atoms with van der Waals surface area (Å²) in [4.78, 5) is 2.38. The van der Waals surface area contributed by atoms with Gasteiger partial charge in [-0.3, -0.25) is 9.11 Å². The topological polar surface area (TPSA) is 133 Å². The minimum Gasteiger partial charge on any atom is -0.439 e. The molecule has 0 saturated heterocycles. The van der Waals surface area contributed by atoms with Crippen LogP contribution in [0.25, 0.3) is 0 Å². The zero-order valence-corrected chi connectivity index (χ0v) is 27.7. The lowest BCUT2D eigenvalue weighted by atomic mass is 9.95. The molecule has 1 aromatic carbocycles. The Balaban J connectivity index is 1.57. The predicted molar refractivity (Wildman–Crippen MR) is 165 cm³/mol. The highest BCUT2D eigenvalue weighted by molar-refractivity contribution is 9.10. The van der Waals surface area contributed by atoms with Gasteiger partial charge in [-0.15, -0.1) is 0 Å². The smallest absolute Gasteiger partial charge is 0.278 e. The Morgan fingerprint density at radius 2 is 1.80 bits per heavy atom. The van der Waals surface area contributed by atoms with Crippen LogP contribution in [0.2, 0.25) is 0 Å². The molecule has 0 aromatic heterocycles. The van der Waals surface area contributed by atoms with Gasteiger partial charge in [0.2, 0.25) is 5.88 Å². The first kappa shape index (κ1) is 32.6. The molecular weight excluding hydrogens is 704 g/mol. The number of anilines is 1. The minimum atomic E-state index is -4.02. The Labute approximate surface area is 259 Å². The van der Waals surface area contributed by atoms with Gasteiger partial charge < -0.3 is 14.4 Å². The number of hydrogen-bond acceptors (Lipinski definition) is 7. The van der Waals surface area contributed by atoms with Gasteiger partial charge in [0.15, 0.2) is 11.5 Å². The highest BCUT2D eigenvalue weighted by Gasteiger charge is 2.43. The highest BCUT2D eigenvalue weighted by atomic mass is 79.9. The monoisotopic (exact) mass is 739 g/mol. The van der Waals surface area contributed by atoms with E-state index in [1.165, 1.54) is 5.71 Å². The van der Waals surface area contributed by atoms with E-state index in [0.29, 0.717) is 61.7 Å². The standard InChI is InChI=1S/C27H36Br2N2O8S2/c1-2-19(15-26-30(11-3-5-13-40(32,33)34)22-17-20(28)7-9-24(22)38-26)16-27-31(12-4-6-14-41(35,36)37)23-18-21(29)8-10-25(23)39-27/h7,9,15-17,21,25,27H,2-6,8,10-14,18H2,1H3,(H-,32,33,34,35,36,37)/p+1. The van der Waals surface area contributed by atoms with E-state index in [9.17, 15) is 16.8 Å². The number of nitrogens with zero attached hydrogens (tertiary/aromatic N) is 2. The molecule has 0 bridgehead atoms. The zero-order chi connectivity index (χ0) is 29.8. The van der Waals surface area contributed by atoms with Crippen LogP contribution < -0.4 is 9.64 Å². The molecule has 14 heteroatoms. The van der Waals surface area contributed by atoms with Gasteiger partial charge >= 0.3 is 0 Å². The van der Waals surface area contributed by atoms with Crippen LogP contribution in [0.3, 0.4) is 0 Å². The summed E-state index contributed by atoms with van der Waals surface area (Å²) >= 11 is 7.27.